The van der Waals surface area contributed by atoms with E-state index in [1.807, 2.05) is 0 Å². The second-order valence-corrected chi connectivity index (χ2v) is 3.32. The van der Waals surface area contributed by atoms with E-state index in [2.05, 4.69) is 9.97 Å². The molecule has 0 spiro atoms. The average Bonchev–Trinajstić information content (AvgIpc) is 2.28. The SMILES string of the molecule is Nc1nc(C(=O)O)cc(-c2ccccc2O)n1. The molecule has 6 nitrogen and oxygen atoms in total. The van der Waals surface area contributed by atoms with Crippen molar-refractivity contribution in [3.05, 3.63) is 36.0 Å². The second kappa shape index (κ2) is 4.09. The van der Waals surface area contributed by atoms with E-state index >= 15 is 0 Å². The molecule has 2 aromatic rings. The number of aromatic carboxylic acids is 1. The first-order chi connectivity index (χ1) is 8.08. The average molecular weight is 231 g/mol. The molecule has 0 unspecified atom stereocenters. The number of nitrogens with two attached hydrogens (primary N) is 1. The van der Waals surface area contributed by atoms with Crippen molar-refractivity contribution in [2.45, 2.75) is 0 Å². The van der Waals surface area contributed by atoms with Crippen LogP contribution in [-0.2, 0) is 0 Å². The molecule has 0 aliphatic carbocycles. The zero-order valence-electron chi connectivity index (χ0n) is 8.66. The van der Waals surface area contributed by atoms with Crippen LogP contribution >= 0.6 is 0 Å². The molecule has 1 aromatic carbocycles. The van der Waals surface area contributed by atoms with E-state index in [0.29, 0.717) is 5.56 Å². The number of hydrogen-bond donors (Lipinski definition) is 3. The Kier molecular flexibility index (Phi) is 2.61. The Balaban J connectivity index is 2.60. The van der Waals surface area contributed by atoms with Gasteiger partial charge in [-0.05, 0) is 18.2 Å². The normalized spacial score (nSPS) is 10.1. The molecule has 1 heterocycles. The van der Waals surface area contributed by atoms with Crippen LogP contribution in [0.5, 0.6) is 5.75 Å². The molecule has 0 aliphatic heterocycles. The van der Waals surface area contributed by atoms with Crippen molar-refractivity contribution in [3.63, 3.8) is 0 Å². The summed E-state index contributed by atoms with van der Waals surface area (Å²) in [6.07, 6.45) is 0. The summed E-state index contributed by atoms with van der Waals surface area (Å²) in [5.41, 5.74) is 5.88. The van der Waals surface area contributed by atoms with Crippen LogP contribution in [0.25, 0.3) is 11.3 Å². The molecule has 0 radical (unpaired) electrons. The zero-order valence-corrected chi connectivity index (χ0v) is 8.66. The van der Waals surface area contributed by atoms with Crippen molar-refractivity contribution in [3.8, 4) is 17.0 Å². The van der Waals surface area contributed by atoms with Crippen molar-refractivity contribution in [1.29, 1.82) is 0 Å². The molecule has 0 saturated carbocycles. The van der Waals surface area contributed by atoms with Gasteiger partial charge < -0.3 is 15.9 Å². The molecule has 0 amide bonds. The molecule has 6 heteroatoms. The summed E-state index contributed by atoms with van der Waals surface area (Å²) in [4.78, 5) is 18.3. The number of nitrogen functional groups attached to an aromatic ring is 1. The Morgan fingerprint density at radius 2 is 1.94 bits per heavy atom. The fraction of sp³-hybridized carbons (Fsp3) is 0. The molecular formula is C11H9N3O3. The van der Waals surface area contributed by atoms with Crippen LogP contribution in [0.4, 0.5) is 5.95 Å². The summed E-state index contributed by atoms with van der Waals surface area (Å²) in [5.74, 6) is -1.35. The fourth-order valence-corrected chi connectivity index (χ4v) is 1.40. The zero-order chi connectivity index (χ0) is 12.4. The van der Waals surface area contributed by atoms with E-state index in [9.17, 15) is 9.90 Å². The van der Waals surface area contributed by atoms with Crippen molar-refractivity contribution >= 4 is 11.9 Å². The monoisotopic (exact) mass is 231 g/mol. The standard InChI is InChI=1S/C11H9N3O3/c12-11-13-7(5-8(14-11)10(16)17)6-3-1-2-4-9(6)15/h1-5,15H,(H,16,17)(H2,12,13,14). The summed E-state index contributed by atoms with van der Waals surface area (Å²) in [6, 6.07) is 7.71. The highest BCUT2D eigenvalue weighted by Crippen LogP contribution is 2.27. The summed E-state index contributed by atoms with van der Waals surface area (Å²) in [6.45, 7) is 0. The minimum Gasteiger partial charge on any atom is -0.507 e. The van der Waals surface area contributed by atoms with E-state index in [1.165, 1.54) is 12.1 Å². The van der Waals surface area contributed by atoms with Gasteiger partial charge in [-0.15, -0.1) is 0 Å². The molecule has 2 rings (SSSR count). The van der Waals surface area contributed by atoms with Crippen LogP contribution in [0.1, 0.15) is 10.5 Å². The van der Waals surface area contributed by atoms with Crippen molar-refractivity contribution < 1.29 is 15.0 Å². The summed E-state index contributed by atoms with van der Waals surface area (Å²) >= 11 is 0. The lowest BCUT2D eigenvalue weighted by atomic mass is 10.1. The Bertz CT molecular complexity index is 584. The molecule has 0 saturated heterocycles. The van der Waals surface area contributed by atoms with Crippen LogP contribution in [0.2, 0.25) is 0 Å². The maximum Gasteiger partial charge on any atom is 0.354 e. The number of para-hydroxylation sites is 1. The predicted molar refractivity (Wildman–Crippen MR) is 60.5 cm³/mol. The molecule has 4 N–H and O–H groups in total. The minimum absolute atomic E-state index is 0.00180. The van der Waals surface area contributed by atoms with Gasteiger partial charge in [-0.25, -0.2) is 14.8 Å². The van der Waals surface area contributed by atoms with Gasteiger partial charge in [0.25, 0.3) is 0 Å². The maximum atomic E-state index is 10.8. The van der Waals surface area contributed by atoms with Gasteiger partial charge in [-0.2, -0.15) is 0 Å². The molecule has 0 aliphatic rings. The van der Waals surface area contributed by atoms with Gasteiger partial charge in [0.2, 0.25) is 5.95 Å². The Morgan fingerprint density at radius 1 is 1.24 bits per heavy atom. The van der Waals surface area contributed by atoms with Crippen molar-refractivity contribution in [2.75, 3.05) is 5.73 Å². The number of benzene rings is 1. The molecule has 1 aromatic heterocycles. The van der Waals surface area contributed by atoms with Crippen LogP contribution in [-0.4, -0.2) is 26.2 Å². The van der Waals surface area contributed by atoms with Gasteiger partial charge in [0, 0.05) is 5.56 Å². The summed E-state index contributed by atoms with van der Waals surface area (Å²) in [5, 5.41) is 18.5. The largest absolute Gasteiger partial charge is 0.507 e. The van der Waals surface area contributed by atoms with Gasteiger partial charge in [0.05, 0.1) is 5.69 Å². The number of carbonyl (C=O) groups is 1. The first-order valence-corrected chi connectivity index (χ1v) is 4.74. The molecule has 0 atom stereocenters. The van der Waals surface area contributed by atoms with Gasteiger partial charge in [-0.3, -0.25) is 0 Å². The molecule has 0 bridgehead atoms. The Morgan fingerprint density at radius 3 is 2.59 bits per heavy atom. The van der Waals surface area contributed by atoms with Gasteiger partial charge in [0.15, 0.2) is 5.69 Å². The molecule has 0 fully saturated rings. The topological polar surface area (TPSA) is 109 Å². The maximum absolute atomic E-state index is 10.8. The number of carboxylic acids is 1. The van der Waals surface area contributed by atoms with E-state index in [-0.39, 0.29) is 23.1 Å². The highest BCUT2D eigenvalue weighted by Gasteiger charge is 2.12. The summed E-state index contributed by atoms with van der Waals surface area (Å²) < 4.78 is 0. The first-order valence-electron chi connectivity index (χ1n) is 4.74. The predicted octanol–water partition coefficient (Wildman–Crippen LogP) is 1.13. The highest BCUT2D eigenvalue weighted by molar-refractivity contribution is 5.87. The molecule has 17 heavy (non-hydrogen) atoms. The van der Waals surface area contributed by atoms with Crippen LogP contribution in [0, 0.1) is 0 Å². The van der Waals surface area contributed by atoms with Crippen molar-refractivity contribution in [2.24, 2.45) is 0 Å². The number of carboxylic acid groups (broad SMARTS) is 1. The van der Waals surface area contributed by atoms with Crippen LogP contribution in [0.3, 0.4) is 0 Å². The lowest BCUT2D eigenvalue weighted by Crippen LogP contribution is -2.06. The summed E-state index contributed by atoms with van der Waals surface area (Å²) in [7, 11) is 0. The first kappa shape index (κ1) is 10.9. The smallest absolute Gasteiger partial charge is 0.354 e. The Hall–Kier alpha value is -2.63. The molecular weight excluding hydrogens is 222 g/mol. The van der Waals surface area contributed by atoms with E-state index in [0.717, 1.165) is 0 Å². The van der Waals surface area contributed by atoms with E-state index in [4.69, 9.17) is 10.8 Å². The van der Waals surface area contributed by atoms with Crippen LogP contribution in [0.15, 0.2) is 30.3 Å². The van der Waals surface area contributed by atoms with E-state index in [1.54, 1.807) is 18.2 Å². The number of anilines is 1. The van der Waals surface area contributed by atoms with Gasteiger partial charge >= 0.3 is 5.97 Å². The van der Waals surface area contributed by atoms with Crippen LogP contribution < -0.4 is 5.73 Å². The number of nitrogens with zero attached hydrogens (tertiary/aromatic N) is 2. The number of aromatic hydroxyl groups is 1. The third-order valence-electron chi connectivity index (χ3n) is 2.14. The molecule has 86 valence electrons. The number of hydrogen-bond acceptors (Lipinski definition) is 5. The lowest BCUT2D eigenvalue weighted by molar-refractivity contribution is 0.0690. The second-order valence-electron chi connectivity index (χ2n) is 3.32. The minimum atomic E-state index is -1.20. The highest BCUT2D eigenvalue weighted by atomic mass is 16.4. The quantitative estimate of drug-likeness (QED) is 0.714. The number of rotatable bonds is 2. The Labute approximate surface area is 96.4 Å². The number of phenolic OH excluding ortho intramolecular Hbond substituents is 1. The van der Waals surface area contributed by atoms with Gasteiger partial charge in [-0.1, -0.05) is 12.1 Å². The number of aromatic nitrogens is 2. The third kappa shape index (κ3) is 2.15. The van der Waals surface area contributed by atoms with E-state index < -0.39 is 5.97 Å². The van der Waals surface area contributed by atoms with Crippen molar-refractivity contribution in [1.82, 2.24) is 9.97 Å². The lowest BCUT2D eigenvalue weighted by Gasteiger charge is -2.05. The van der Waals surface area contributed by atoms with Gasteiger partial charge in [0.1, 0.15) is 5.75 Å². The third-order valence-corrected chi connectivity index (χ3v) is 2.14. The fourth-order valence-electron chi connectivity index (χ4n) is 1.40. The number of phenols is 1.